The summed E-state index contributed by atoms with van der Waals surface area (Å²) >= 11 is 0. The van der Waals surface area contributed by atoms with Crippen LogP contribution in [0.3, 0.4) is 0 Å². The van der Waals surface area contributed by atoms with Crippen LogP contribution in [-0.4, -0.2) is 15.9 Å². The van der Waals surface area contributed by atoms with Crippen molar-refractivity contribution in [2.24, 2.45) is 0 Å². The van der Waals surface area contributed by atoms with Crippen molar-refractivity contribution >= 4 is 28.2 Å². The summed E-state index contributed by atoms with van der Waals surface area (Å²) in [6.07, 6.45) is 0. The zero-order chi connectivity index (χ0) is 13.1. The van der Waals surface area contributed by atoms with Gasteiger partial charge in [-0.1, -0.05) is 6.58 Å². The average Bonchev–Trinajstić information content (AvgIpc) is 2.78. The van der Waals surface area contributed by atoms with Gasteiger partial charge in [0.2, 0.25) is 5.91 Å². The molecule has 0 saturated heterocycles. The predicted octanol–water partition coefficient (Wildman–Crippen LogP) is 2.83. The smallest absolute Gasteiger partial charge is 0.234 e. The monoisotopic (exact) mass is 241 g/mol. The van der Waals surface area contributed by atoms with Gasteiger partial charge in [0.05, 0.1) is 16.4 Å². The minimum Gasteiger partial charge on any atom is -0.338 e. The Morgan fingerprint density at radius 2 is 2.11 bits per heavy atom. The zero-order valence-corrected chi connectivity index (χ0v) is 10.7. The summed E-state index contributed by atoms with van der Waals surface area (Å²) in [5.41, 5.74) is 4.07. The Kier molecular flexibility index (Phi) is 1.97. The highest BCUT2D eigenvalue weighted by Crippen LogP contribution is 2.39. The Morgan fingerprint density at radius 3 is 2.78 bits per heavy atom. The second-order valence-corrected chi connectivity index (χ2v) is 5.36. The second kappa shape index (κ2) is 3.22. The lowest BCUT2D eigenvalue weighted by Crippen LogP contribution is -2.26. The number of allylic oxidation sites excluding steroid dienone is 1. The Hall–Kier alpha value is -2.10. The molecule has 2 N–H and O–H groups in total. The number of aromatic amines is 1. The van der Waals surface area contributed by atoms with Gasteiger partial charge in [-0.15, -0.1) is 0 Å². The number of carbonyl (C=O) groups excluding carboxylic acids is 1. The number of hydrogen-bond acceptors (Lipinski definition) is 2. The van der Waals surface area contributed by atoms with Gasteiger partial charge in [0, 0.05) is 5.69 Å². The number of fused-ring (bicyclic) bond motifs is 2. The summed E-state index contributed by atoms with van der Waals surface area (Å²) in [6.45, 7) is 9.64. The summed E-state index contributed by atoms with van der Waals surface area (Å²) in [4.78, 5) is 19.6. The SMILES string of the molecule is C=C(C)c1nc2cc3c(cc2[nH]1)NC(=O)C3(C)C. The number of aromatic nitrogens is 2. The molecule has 3 rings (SSSR count). The molecule has 92 valence electrons. The highest BCUT2D eigenvalue weighted by molar-refractivity contribution is 6.07. The molecule has 0 fully saturated rings. The molecule has 0 aliphatic carbocycles. The Morgan fingerprint density at radius 1 is 1.39 bits per heavy atom. The maximum Gasteiger partial charge on any atom is 0.234 e. The molecule has 0 unspecified atom stereocenters. The van der Waals surface area contributed by atoms with Crippen LogP contribution in [0.1, 0.15) is 32.2 Å². The number of nitrogens with one attached hydrogen (secondary N) is 2. The minimum absolute atomic E-state index is 0.0327. The van der Waals surface area contributed by atoms with Crippen LogP contribution in [0.2, 0.25) is 0 Å². The number of rotatable bonds is 1. The average molecular weight is 241 g/mol. The minimum atomic E-state index is -0.494. The van der Waals surface area contributed by atoms with E-state index in [2.05, 4.69) is 21.9 Å². The maximum absolute atomic E-state index is 11.9. The summed E-state index contributed by atoms with van der Waals surface area (Å²) in [7, 11) is 0. The first-order valence-corrected chi connectivity index (χ1v) is 5.91. The van der Waals surface area contributed by atoms with Crippen LogP contribution in [0, 0.1) is 0 Å². The topological polar surface area (TPSA) is 57.8 Å². The number of nitrogens with zero attached hydrogens (tertiary/aromatic N) is 1. The highest BCUT2D eigenvalue weighted by atomic mass is 16.2. The van der Waals surface area contributed by atoms with E-state index in [4.69, 9.17) is 0 Å². The number of hydrogen-bond donors (Lipinski definition) is 2. The lowest BCUT2D eigenvalue weighted by Gasteiger charge is -2.14. The van der Waals surface area contributed by atoms with Gasteiger partial charge < -0.3 is 10.3 Å². The molecule has 1 aromatic carbocycles. The van der Waals surface area contributed by atoms with Gasteiger partial charge in [0.1, 0.15) is 5.82 Å². The zero-order valence-electron chi connectivity index (χ0n) is 10.7. The Bertz CT molecular complexity index is 694. The van der Waals surface area contributed by atoms with Crippen LogP contribution in [0.15, 0.2) is 18.7 Å². The largest absolute Gasteiger partial charge is 0.338 e. The van der Waals surface area contributed by atoms with Crippen molar-refractivity contribution in [1.82, 2.24) is 9.97 Å². The molecule has 2 aromatic rings. The molecule has 18 heavy (non-hydrogen) atoms. The maximum atomic E-state index is 11.9. The fraction of sp³-hybridized carbons (Fsp3) is 0.286. The standard InChI is InChI=1S/C14H15N3O/c1-7(2)12-15-10-5-8-9(6-11(10)16-12)17-13(18)14(8,3)4/h5-6H,1H2,2-4H3,(H,15,16)(H,17,18). The highest BCUT2D eigenvalue weighted by Gasteiger charge is 2.38. The first kappa shape index (κ1) is 11.0. The van der Waals surface area contributed by atoms with E-state index in [-0.39, 0.29) is 5.91 Å². The molecule has 1 aliphatic rings. The van der Waals surface area contributed by atoms with E-state index in [1.54, 1.807) is 0 Å². The van der Waals surface area contributed by atoms with E-state index in [9.17, 15) is 4.79 Å². The number of anilines is 1. The Balaban J connectivity index is 2.26. The molecule has 4 heteroatoms. The molecular formula is C14H15N3O. The fourth-order valence-corrected chi connectivity index (χ4v) is 2.28. The molecule has 4 nitrogen and oxygen atoms in total. The summed E-state index contributed by atoms with van der Waals surface area (Å²) in [5, 5.41) is 2.91. The number of H-pyrrole nitrogens is 1. The van der Waals surface area contributed by atoms with Crippen LogP contribution in [0.4, 0.5) is 5.69 Å². The van der Waals surface area contributed by atoms with E-state index in [0.717, 1.165) is 33.7 Å². The van der Waals surface area contributed by atoms with Gasteiger partial charge in [-0.3, -0.25) is 4.79 Å². The third kappa shape index (κ3) is 1.32. The van der Waals surface area contributed by atoms with Gasteiger partial charge in [0.15, 0.2) is 0 Å². The molecule has 1 amide bonds. The third-order valence-electron chi connectivity index (χ3n) is 3.51. The van der Waals surface area contributed by atoms with Crippen LogP contribution in [0.5, 0.6) is 0 Å². The van der Waals surface area contributed by atoms with Crippen molar-refractivity contribution in [2.45, 2.75) is 26.2 Å². The number of carbonyl (C=O) groups is 1. The van der Waals surface area contributed by atoms with Gasteiger partial charge in [-0.25, -0.2) is 4.98 Å². The van der Waals surface area contributed by atoms with Crippen LogP contribution < -0.4 is 5.32 Å². The first-order chi connectivity index (χ1) is 8.39. The fourth-order valence-electron chi connectivity index (χ4n) is 2.28. The molecule has 1 aliphatic heterocycles. The third-order valence-corrected chi connectivity index (χ3v) is 3.51. The first-order valence-electron chi connectivity index (χ1n) is 5.91. The number of imidazole rings is 1. The van der Waals surface area contributed by atoms with Crippen molar-refractivity contribution in [3.8, 4) is 0 Å². The van der Waals surface area contributed by atoms with E-state index < -0.39 is 5.41 Å². The van der Waals surface area contributed by atoms with Gasteiger partial charge in [-0.2, -0.15) is 0 Å². The summed E-state index contributed by atoms with van der Waals surface area (Å²) < 4.78 is 0. The molecule has 0 radical (unpaired) electrons. The lowest BCUT2D eigenvalue weighted by molar-refractivity contribution is -0.119. The molecule has 1 aromatic heterocycles. The second-order valence-electron chi connectivity index (χ2n) is 5.36. The van der Waals surface area contributed by atoms with E-state index in [1.807, 2.05) is 32.9 Å². The number of amides is 1. The van der Waals surface area contributed by atoms with Crippen molar-refractivity contribution in [1.29, 1.82) is 0 Å². The van der Waals surface area contributed by atoms with Crippen LogP contribution in [0.25, 0.3) is 16.6 Å². The van der Waals surface area contributed by atoms with Crippen molar-refractivity contribution in [3.05, 3.63) is 30.1 Å². The molecule has 0 atom stereocenters. The van der Waals surface area contributed by atoms with Crippen molar-refractivity contribution in [2.75, 3.05) is 5.32 Å². The quantitative estimate of drug-likeness (QED) is 0.806. The molecule has 2 heterocycles. The normalized spacial score (nSPS) is 16.7. The molecule has 0 saturated carbocycles. The molecule has 0 bridgehead atoms. The van der Waals surface area contributed by atoms with E-state index in [0.29, 0.717) is 0 Å². The summed E-state index contributed by atoms with van der Waals surface area (Å²) in [5.74, 6) is 0.822. The van der Waals surface area contributed by atoms with Crippen LogP contribution in [-0.2, 0) is 10.2 Å². The van der Waals surface area contributed by atoms with E-state index in [1.165, 1.54) is 0 Å². The van der Waals surface area contributed by atoms with Crippen LogP contribution >= 0.6 is 0 Å². The van der Waals surface area contributed by atoms with Gasteiger partial charge in [0.25, 0.3) is 0 Å². The predicted molar refractivity (Wildman–Crippen MR) is 72.5 cm³/mol. The van der Waals surface area contributed by atoms with E-state index >= 15 is 0 Å². The lowest BCUT2D eigenvalue weighted by atomic mass is 9.86. The molecule has 0 spiro atoms. The Labute approximate surface area is 105 Å². The van der Waals surface area contributed by atoms with Gasteiger partial charge >= 0.3 is 0 Å². The summed E-state index contributed by atoms with van der Waals surface area (Å²) in [6, 6.07) is 3.92. The number of benzene rings is 1. The van der Waals surface area contributed by atoms with Crippen molar-refractivity contribution < 1.29 is 4.79 Å². The van der Waals surface area contributed by atoms with Crippen molar-refractivity contribution in [3.63, 3.8) is 0 Å². The molecular weight excluding hydrogens is 226 g/mol. The van der Waals surface area contributed by atoms with Gasteiger partial charge in [-0.05, 0) is 44.0 Å².